The van der Waals surface area contributed by atoms with E-state index in [9.17, 15) is 0 Å². The molecule has 2 aliphatic rings. The number of benzene rings is 2. The summed E-state index contributed by atoms with van der Waals surface area (Å²) in [7, 11) is 0. The zero-order chi connectivity index (χ0) is 19.4. The van der Waals surface area contributed by atoms with Gasteiger partial charge in [-0.2, -0.15) is 5.10 Å². The summed E-state index contributed by atoms with van der Waals surface area (Å²) in [6.07, 6.45) is 3.85. The van der Waals surface area contributed by atoms with E-state index in [0.29, 0.717) is 11.7 Å². The highest BCUT2D eigenvalue weighted by atomic mass is 15.4. The third-order valence-corrected chi connectivity index (χ3v) is 5.47. The summed E-state index contributed by atoms with van der Waals surface area (Å²) < 4.78 is 0. The summed E-state index contributed by atoms with van der Waals surface area (Å²) in [6, 6.07) is 17.0. The Morgan fingerprint density at radius 2 is 1.67 bits per heavy atom. The van der Waals surface area contributed by atoms with Gasteiger partial charge >= 0.3 is 0 Å². The molecule has 1 saturated carbocycles. The van der Waals surface area contributed by atoms with Crippen LogP contribution in [-0.4, -0.2) is 11.8 Å². The first kappa shape index (κ1) is 19.0. The smallest absolute Gasteiger partial charge is 0.113 e. The van der Waals surface area contributed by atoms with E-state index in [1.54, 1.807) is 0 Å². The van der Waals surface area contributed by atoms with Crippen LogP contribution in [0.3, 0.4) is 0 Å². The maximum Gasteiger partial charge on any atom is 0.113 e. The van der Waals surface area contributed by atoms with E-state index in [2.05, 4.69) is 78.4 Å². The minimum Gasteiger partial charge on any atom is -0.361 e. The monoisotopic (exact) mass is 359 g/mol. The van der Waals surface area contributed by atoms with Gasteiger partial charge in [0.15, 0.2) is 0 Å². The lowest BCUT2D eigenvalue weighted by Crippen LogP contribution is -2.55. The van der Waals surface area contributed by atoms with E-state index in [4.69, 9.17) is 0 Å². The molecule has 27 heavy (non-hydrogen) atoms. The van der Waals surface area contributed by atoms with Crippen LogP contribution in [0.1, 0.15) is 54.9 Å². The van der Waals surface area contributed by atoms with E-state index >= 15 is 0 Å². The third kappa shape index (κ3) is 3.55. The van der Waals surface area contributed by atoms with Crippen LogP contribution in [-0.2, 0) is 0 Å². The van der Waals surface area contributed by atoms with Crippen molar-refractivity contribution in [1.29, 1.82) is 0 Å². The minimum absolute atomic E-state index is 0.180. The molecule has 0 aromatic heterocycles. The summed E-state index contributed by atoms with van der Waals surface area (Å²) in [5.41, 5.74) is 8.96. The molecule has 2 N–H and O–H groups in total. The van der Waals surface area contributed by atoms with Gasteiger partial charge in [0.05, 0.1) is 11.8 Å². The van der Waals surface area contributed by atoms with E-state index in [1.807, 2.05) is 26.1 Å². The molecule has 3 nitrogen and oxygen atoms in total. The van der Waals surface area contributed by atoms with Crippen LogP contribution >= 0.6 is 0 Å². The fourth-order valence-electron chi connectivity index (χ4n) is 4.11. The molecule has 0 amide bonds. The number of rotatable bonds is 1. The zero-order valence-electron chi connectivity index (χ0n) is 16.5. The number of hydrazone groups is 1. The second kappa shape index (κ2) is 7.83. The molecule has 4 rings (SSSR count). The molecule has 1 aliphatic carbocycles. The second-order valence-corrected chi connectivity index (χ2v) is 7.08. The number of fused-ring (bicyclic) bond motifs is 1. The number of hydrogen-bond acceptors (Lipinski definition) is 3. The Hall–Kier alpha value is -2.81. The molecule has 3 heteroatoms. The maximum atomic E-state index is 4.47. The van der Waals surface area contributed by atoms with Crippen LogP contribution in [0.2, 0.25) is 0 Å². The molecule has 0 radical (unpaired) electrons. The Labute approximate surface area is 162 Å². The van der Waals surface area contributed by atoms with Crippen LogP contribution in [0.5, 0.6) is 0 Å². The largest absolute Gasteiger partial charge is 0.361 e. The van der Waals surface area contributed by atoms with Crippen LogP contribution in [0.15, 0.2) is 72.6 Å². The quantitative estimate of drug-likeness (QED) is 0.720. The Kier molecular flexibility index (Phi) is 5.50. The first-order valence-corrected chi connectivity index (χ1v) is 9.69. The van der Waals surface area contributed by atoms with Crippen molar-refractivity contribution in [3.8, 4) is 0 Å². The van der Waals surface area contributed by atoms with Gasteiger partial charge in [-0.3, -0.25) is 5.43 Å². The Morgan fingerprint density at radius 3 is 2.41 bits per heavy atom. The maximum absolute atomic E-state index is 4.47. The molecular formula is C24H29N3. The van der Waals surface area contributed by atoms with E-state index < -0.39 is 0 Å². The standard InChI is InChI=1S/C22H23N3.C2H6/c1-15-8-4-6-10-20(15)19-12-22(13-19)16(2)21-11-7-5-9-18(21)14-23-25-17(3)24-22;1-2/h4-11,14,19,24-25H,2-3,12-13H2,1H3;1-2H3/b23-14-;. The number of hydrogen-bond donors (Lipinski definition) is 2. The predicted octanol–water partition coefficient (Wildman–Crippen LogP) is 5.35. The first-order chi connectivity index (χ1) is 13.1. The van der Waals surface area contributed by atoms with Crippen molar-refractivity contribution in [2.45, 2.75) is 45.1 Å². The number of nitrogens with one attached hydrogen (secondary N) is 2. The summed E-state index contributed by atoms with van der Waals surface area (Å²) in [5, 5.41) is 7.85. The van der Waals surface area contributed by atoms with Gasteiger partial charge in [-0.15, -0.1) is 0 Å². The van der Waals surface area contributed by atoms with E-state index in [-0.39, 0.29) is 5.54 Å². The highest BCUT2D eigenvalue weighted by Crippen LogP contribution is 2.52. The SMILES string of the molecule is C=C1N/N=C\c2ccccc2C(=C)C2(CC(c3ccccc3C)C2)N1.CC. The van der Waals surface area contributed by atoms with Gasteiger partial charge < -0.3 is 5.32 Å². The predicted molar refractivity (Wildman–Crippen MR) is 116 cm³/mol. The Balaban J connectivity index is 0.00000102. The third-order valence-electron chi connectivity index (χ3n) is 5.47. The van der Waals surface area contributed by atoms with Gasteiger partial charge in [0.2, 0.25) is 0 Å². The summed E-state index contributed by atoms with van der Waals surface area (Å²) >= 11 is 0. The molecular weight excluding hydrogens is 330 g/mol. The molecule has 1 spiro atoms. The van der Waals surface area contributed by atoms with Crippen LogP contribution in [0.4, 0.5) is 0 Å². The lowest BCUT2D eigenvalue weighted by atomic mass is 9.60. The molecule has 0 bridgehead atoms. The van der Waals surface area contributed by atoms with Crippen molar-refractivity contribution in [3.05, 3.63) is 89.8 Å². The number of aryl methyl sites for hydroxylation is 1. The molecule has 1 aliphatic heterocycles. The highest BCUT2D eigenvalue weighted by Gasteiger charge is 2.48. The van der Waals surface area contributed by atoms with Gasteiger partial charge in [0.1, 0.15) is 5.82 Å². The fraction of sp³-hybridized carbons (Fsp3) is 0.292. The van der Waals surface area contributed by atoms with Crippen molar-refractivity contribution in [2.24, 2.45) is 5.10 Å². The van der Waals surface area contributed by atoms with Crippen LogP contribution < -0.4 is 10.7 Å². The number of nitrogens with zero attached hydrogens (tertiary/aromatic N) is 1. The van der Waals surface area contributed by atoms with Gasteiger partial charge in [-0.05, 0) is 47.9 Å². The first-order valence-electron chi connectivity index (χ1n) is 9.69. The van der Waals surface area contributed by atoms with Crippen molar-refractivity contribution in [2.75, 3.05) is 0 Å². The summed E-state index contributed by atoms with van der Waals surface area (Å²) in [6.45, 7) is 14.7. The molecule has 140 valence electrons. The van der Waals surface area contributed by atoms with Gasteiger partial charge in [0.25, 0.3) is 0 Å². The summed E-state index contributed by atoms with van der Waals surface area (Å²) in [4.78, 5) is 0. The summed E-state index contributed by atoms with van der Waals surface area (Å²) in [5.74, 6) is 1.25. The Bertz CT molecular complexity index is 873. The molecule has 1 heterocycles. The topological polar surface area (TPSA) is 36.4 Å². The van der Waals surface area contributed by atoms with Crippen molar-refractivity contribution >= 4 is 11.8 Å². The molecule has 0 atom stereocenters. The van der Waals surface area contributed by atoms with Crippen molar-refractivity contribution in [3.63, 3.8) is 0 Å². The van der Waals surface area contributed by atoms with Crippen molar-refractivity contribution < 1.29 is 0 Å². The zero-order valence-corrected chi connectivity index (χ0v) is 16.5. The van der Waals surface area contributed by atoms with Crippen LogP contribution in [0, 0.1) is 6.92 Å². The van der Waals surface area contributed by atoms with Crippen molar-refractivity contribution in [1.82, 2.24) is 10.7 Å². The molecule has 2 aromatic rings. The van der Waals surface area contributed by atoms with E-state index in [1.165, 1.54) is 11.1 Å². The van der Waals surface area contributed by atoms with Crippen LogP contribution in [0.25, 0.3) is 5.57 Å². The average Bonchev–Trinajstić information content (AvgIpc) is 2.71. The highest BCUT2D eigenvalue weighted by molar-refractivity contribution is 5.90. The normalized spacial score (nSPS) is 24.6. The van der Waals surface area contributed by atoms with Gasteiger partial charge in [0, 0.05) is 5.56 Å². The fourth-order valence-corrected chi connectivity index (χ4v) is 4.11. The molecule has 0 unspecified atom stereocenters. The molecule has 2 aromatic carbocycles. The Morgan fingerprint density at radius 1 is 1.00 bits per heavy atom. The lowest BCUT2D eigenvalue weighted by Gasteiger charge is -2.51. The lowest BCUT2D eigenvalue weighted by molar-refractivity contribution is 0.230. The minimum atomic E-state index is -0.180. The average molecular weight is 360 g/mol. The van der Waals surface area contributed by atoms with Gasteiger partial charge in [-0.25, -0.2) is 0 Å². The molecule has 0 saturated heterocycles. The van der Waals surface area contributed by atoms with Gasteiger partial charge in [-0.1, -0.05) is 75.5 Å². The molecule has 1 fully saturated rings. The van der Waals surface area contributed by atoms with E-state index in [0.717, 1.165) is 29.5 Å². The second-order valence-electron chi connectivity index (χ2n) is 7.08.